The van der Waals surface area contributed by atoms with Gasteiger partial charge in [0.15, 0.2) is 4.34 Å². The summed E-state index contributed by atoms with van der Waals surface area (Å²) in [4.78, 5) is 22.6. The summed E-state index contributed by atoms with van der Waals surface area (Å²) in [6, 6.07) is 0. The van der Waals surface area contributed by atoms with E-state index in [2.05, 4.69) is 22.1 Å². The number of hydrogen-bond acceptors (Lipinski definition) is 7. The number of aromatic nitrogens is 4. The summed E-state index contributed by atoms with van der Waals surface area (Å²) in [7, 11) is 0. The molecule has 1 aliphatic carbocycles. The number of thioether (sulfide) groups is 1. The first kappa shape index (κ1) is 16.2. The SMILES string of the molecule is Cc1nnc(SC(C)c2nc3sc4c(c3c(=O)[nH]2)CCC(C)C4)s1. The Kier molecular flexibility index (Phi) is 4.22. The van der Waals surface area contributed by atoms with E-state index in [-0.39, 0.29) is 10.8 Å². The third-order valence-corrected chi connectivity index (χ3v) is 7.53. The number of aromatic amines is 1. The number of thiophene rings is 1. The molecule has 1 N–H and O–H groups in total. The van der Waals surface area contributed by atoms with Gasteiger partial charge in [0.25, 0.3) is 5.56 Å². The van der Waals surface area contributed by atoms with Crippen molar-refractivity contribution in [2.45, 2.75) is 49.6 Å². The van der Waals surface area contributed by atoms with Gasteiger partial charge in [-0.25, -0.2) is 4.98 Å². The van der Waals surface area contributed by atoms with Crippen molar-refractivity contribution in [3.05, 3.63) is 31.6 Å². The highest BCUT2D eigenvalue weighted by molar-refractivity contribution is 8.01. The summed E-state index contributed by atoms with van der Waals surface area (Å²) in [5.41, 5.74) is 1.23. The van der Waals surface area contributed by atoms with Crippen LogP contribution in [0.15, 0.2) is 9.13 Å². The quantitative estimate of drug-likeness (QED) is 0.694. The molecule has 2 unspecified atom stereocenters. The third-order valence-electron chi connectivity index (χ3n) is 4.35. The second-order valence-electron chi connectivity index (χ2n) is 6.33. The van der Waals surface area contributed by atoms with Gasteiger partial charge < -0.3 is 4.98 Å². The predicted molar refractivity (Wildman–Crippen MR) is 100 cm³/mol. The van der Waals surface area contributed by atoms with Crippen molar-refractivity contribution >= 4 is 44.7 Å². The van der Waals surface area contributed by atoms with E-state index in [0.29, 0.717) is 5.92 Å². The number of fused-ring (bicyclic) bond motifs is 3. The largest absolute Gasteiger partial charge is 0.309 e. The van der Waals surface area contributed by atoms with Gasteiger partial charge >= 0.3 is 0 Å². The van der Waals surface area contributed by atoms with Crippen LogP contribution in [0.5, 0.6) is 0 Å². The lowest BCUT2D eigenvalue weighted by Crippen LogP contribution is -2.15. The van der Waals surface area contributed by atoms with Gasteiger partial charge in [0.2, 0.25) is 0 Å². The van der Waals surface area contributed by atoms with Crippen molar-refractivity contribution in [1.82, 2.24) is 20.2 Å². The fourth-order valence-corrected chi connectivity index (χ4v) is 6.50. The zero-order valence-corrected chi connectivity index (χ0v) is 16.2. The summed E-state index contributed by atoms with van der Waals surface area (Å²) in [5, 5.41) is 9.98. The normalized spacial score (nSPS) is 18.7. The first-order valence-corrected chi connectivity index (χ1v) is 10.5. The molecular formula is C16H18N4OS3. The zero-order chi connectivity index (χ0) is 16.8. The van der Waals surface area contributed by atoms with Crippen LogP contribution in [0.1, 0.15) is 46.8 Å². The summed E-state index contributed by atoms with van der Waals surface area (Å²) in [5.74, 6) is 1.41. The van der Waals surface area contributed by atoms with Gasteiger partial charge in [0, 0.05) is 4.88 Å². The Morgan fingerprint density at radius 2 is 2.17 bits per heavy atom. The summed E-state index contributed by atoms with van der Waals surface area (Å²) in [6.45, 7) is 6.26. The van der Waals surface area contributed by atoms with Crippen LogP contribution in [-0.2, 0) is 12.8 Å². The van der Waals surface area contributed by atoms with E-state index < -0.39 is 0 Å². The van der Waals surface area contributed by atoms with Crippen molar-refractivity contribution < 1.29 is 0 Å². The van der Waals surface area contributed by atoms with Crippen LogP contribution >= 0.6 is 34.4 Å². The van der Waals surface area contributed by atoms with Gasteiger partial charge in [-0.3, -0.25) is 4.79 Å². The molecule has 24 heavy (non-hydrogen) atoms. The van der Waals surface area contributed by atoms with Crippen LogP contribution in [-0.4, -0.2) is 20.2 Å². The molecule has 0 spiro atoms. The molecule has 5 nitrogen and oxygen atoms in total. The maximum absolute atomic E-state index is 12.7. The number of nitrogens with zero attached hydrogens (tertiary/aromatic N) is 3. The molecule has 0 bridgehead atoms. The Bertz CT molecular complexity index is 958. The third kappa shape index (κ3) is 2.91. The highest BCUT2D eigenvalue weighted by atomic mass is 32.2. The molecule has 0 aliphatic heterocycles. The minimum atomic E-state index is 0.00273. The molecule has 8 heteroatoms. The molecule has 3 heterocycles. The first-order valence-electron chi connectivity index (χ1n) is 8.02. The highest BCUT2D eigenvalue weighted by Gasteiger charge is 2.24. The van der Waals surface area contributed by atoms with E-state index in [9.17, 15) is 4.79 Å². The number of rotatable bonds is 3. The second-order valence-corrected chi connectivity index (χ2v) is 10.2. The smallest absolute Gasteiger partial charge is 0.259 e. The molecule has 1 aliphatic rings. The standard InChI is InChI=1S/C16H18N4OS3/c1-7-4-5-10-11(6-7)24-15-12(10)14(21)17-13(18-15)8(2)22-16-20-19-9(3)23-16/h7-8H,4-6H2,1-3H3,(H,17,18,21). The molecule has 126 valence electrons. The van der Waals surface area contributed by atoms with Crippen LogP contribution in [0.3, 0.4) is 0 Å². The van der Waals surface area contributed by atoms with Crippen molar-refractivity contribution in [2.75, 3.05) is 0 Å². The maximum atomic E-state index is 12.7. The van der Waals surface area contributed by atoms with Crippen molar-refractivity contribution in [3.8, 4) is 0 Å². The van der Waals surface area contributed by atoms with E-state index in [1.54, 1.807) is 34.4 Å². The van der Waals surface area contributed by atoms with Crippen molar-refractivity contribution in [3.63, 3.8) is 0 Å². The second kappa shape index (κ2) is 6.24. The first-order chi connectivity index (χ1) is 11.5. The van der Waals surface area contributed by atoms with Crippen LogP contribution in [0.25, 0.3) is 10.2 Å². The molecule has 2 atom stereocenters. The van der Waals surface area contributed by atoms with E-state index in [1.165, 1.54) is 10.4 Å². The lowest BCUT2D eigenvalue weighted by molar-refractivity contribution is 0.509. The molecule has 0 amide bonds. The minimum Gasteiger partial charge on any atom is -0.309 e. The summed E-state index contributed by atoms with van der Waals surface area (Å²) in [6.07, 6.45) is 3.22. The topological polar surface area (TPSA) is 71.5 Å². The Morgan fingerprint density at radius 3 is 2.92 bits per heavy atom. The molecular weight excluding hydrogens is 360 g/mol. The van der Waals surface area contributed by atoms with Crippen LogP contribution in [0.2, 0.25) is 0 Å². The zero-order valence-electron chi connectivity index (χ0n) is 13.8. The number of aryl methyl sites for hydroxylation is 2. The van der Waals surface area contributed by atoms with E-state index in [1.807, 2.05) is 13.8 Å². The number of nitrogens with one attached hydrogen (secondary N) is 1. The Balaban J connectivity index is 1.71. The highest BCUT2D eigenvalue weighted by Crippen LogP contribution is 2.38. The molecule has 0 fully saturated rings. The van der Waals surface area contributed by atoms with Crippen molar-refractivity contribution in [1.29, 1.82) is 0 Å². The van der Waals surface area contributed by atoms with Crippen LogP contribution in [0.4, 0.5) is 0 Å². The number of H-pyrrole nitrogens is 1. The molecule has 0 radical (unpaired) electrons. The van der Waals surface area contributed by atoms with Gasteiger partial charge in [0.05, 0.1) is 10.6 Å². The summed E-state index contributed by atoms with van der Waals surface area (Å²) < 4.78 is 0.905. The maximum Gasteiger partial charge on any atom is 0.259 e. The van der Waals surface area contributed by atoms with E-state index in [4.69, 9.17) is 4.98 Å². The Labute approximate surface area is 151 Å². The van der Waals surface area contributed by atoms with E-state index in [0.717, 1.165) is 44.7 Å². The van der Waals surface area contributed by atoms with Gasteiger partial charge in [-0.15, -0.1) is 21.5 Å². The van der Waals surface area contributed by atoms with Gasteiger partial charge in [-0.1, -0.05) is 30.0 Å². The summed E-state index contributed by atoms with van der Waals surface area (Å²) >= 11 is 4.85. The average Bonchev–Trinajstić information content (AvgIpc) is 3.09. The molecule has 0 aromatic carbocycles. The van der Waals surface area contributed by atoms with Gasteiger partial charge in [-0.2, -0.15) is 0 Å². The Hall–Kier alpha value is -1.25. The molecule has 0 saturated carbocycles. The van der Waals surface area contributed by atoms with E-state index >= 15 is 0 Å². The Morgan fingerprint density at radius 1 is 1.33 bits per heavy atom. The van der Waals surface area contributed by atoms with Crippen molar-refractivity contribution in [2.24, 2.45) is 5.92 Å². The fraction of sp³-hybridized carbons (Fsp3) is 0.500. The lowest BCUT2D eigenvalue weighted by atomic mass is 9.89. The molecule has 0 saturated heterocycles. The predicted octanol–water partition coefficient (Wildman–Crippen LogP) is 4.12. The minimum absolute atomic E-state index is 0.00273. The fourth-order valence-electron chi connectivity index (χ4n) is 3.09. The molecule has 3 aromatic heterocycles. The van der Waals surface area contributed by atoms with Crippen LogP contribution < -0.4 is 5.56 Å². The molecule has 3 aromatic rings. The van der Waals surface area contributed by atoms with Crippen LogP contribution in [0, 0.1) is 12.8 Å². The van der Waals surface area contributed by atoms with Gasteiger partial charge in [-0.05, 0) is 44.6 Å². The van der Waals surface area contributed by atoms with Gasteiger partial charge in [0.1, 0.15) is 15.7 Å². The molecule has 4 rings (SSSR count). The average molecular weight is 379 g/mol. The monoisotopic (exact) mass is 378 g/mol. The lowest BCUT2D eigenvalue weighted by Gasteiger charge is -2.17. The number of hydrogen-bond donors (Lipinski definition) is 1.